The average Bonchev–Trinajstić information content (AvgIpc) is 1.72. The molecule has 1 aromatic rings. The molecule has 1 aromatic heterocycles. The van der Waals surface area contributed by atoms with Crippen LogP contribution in [0.1, 0.15) is 0 Å². The Kier molecular flexibility index (Phi) is 2.58. The van der Waals surface area contributed by atoms with E-state index in [4.69, 9.17) is 0 Å². The van der Waals surface area contributed by atoms with E-state index in [2.05, 4.69) is 20.6 Å². The predicted octanol–water partition coefficient (Wildman–Crippen LogP) is -0.581. The molecule has 0 N–H and O–H groups in total. The van der Waals surface area contributed by atoms with E-state index in [1.165, 1.54) is 12.4 Å². The highest BCUT2D eigenvalue weighted by atomic mass is 19.0. The summed E-state index contributed by atoms with van der Waals surface area (Å²) in [6.45, 7) is 0. The lowest BCUT2D eigenvalue weighted by molar-refractivity contribution is 0.761. The molecule has 0 aromatic carbocycles. The zero-order valence-electron chi connectivity index (χ0n) is 3.35. The fourth-order valence-electron chi connectivity index (χ4n) is 0.165. The first-order valence-corrected chi connectivity index (χ1v) is 1.45. The number of hydrogen-bond acceptors (Lipinski definition) is 4. The van der Waals surface area contributed by atoms with Crippen LogP contribution < -0.4 is 0 Å². The van der Waals surface area contributed by atoms with Gasteiger partial charge in [-0.05, 0) is 10.4 Å². The summed E-state index contributed by atoms with van der Waals surface area (Å²) in [5, 5.41) is 13.1. The third-order valence-corrected chi connectivity index (χ3v) is 0.343. The quantitative estimate of drug-likeness (QED) is 0.439. The van der Waals surface area contributed by atoms with Gasteiger partial charge in [-0.25, -0.2) is 0 Å². The van der Waals surface area contributed by atoms with Gasteiger partial charge in [0.1, 0.15) is 0 Å². The van der Waals surface area contributed by atoms with Crippen LogP contribution in [0.2, 0.25) is 0 Å². The summed E-state index contributed by atoms with van der Waals surface area (Å²) in [5.41, 5.74) is 0. The summed E-state index contributed by atoms with van der Waals surface area (Å²) in [5.74, 6) is 0. The van der Waals surface area contributed by atoms with Crippen LogP contribution in [0.4, 0.5) is 4.70 Å². The van der Waals surface area contributed by atoms with Crippen LogP contribution in [0.5, 0.6) is 0 Å². The van der Waals surface area contributed by atoms with Gasteiger partial charge in [-0.2, -0.15) is 0 Å². The standard InChI is InChI=1S/C2H2N4.FH/c1-2-4-6-5-3-1;/h1-2H;1H. The summed E-state index contributed by atoms with van der Waals surface area (Å²) in [6.07, 6.45) is 2.93. The number of halogens is 1. The molecule has 7 heavy (non-hydrogen) atoms. The molecule has 0 aliphatic carbocycles. The Morgan fingerprint density at radius 1 is 0.857 bits per heavy atom. The third kappa shape index (κ3) is 1.69. The van der Waals surface area contributed by atoms with Crippen LogP contribution in [0.25, 0.3) is 0 Å². The molecule has 0 fully saturated rings. The Morgan fingerprint density at radius 3 is 1.43 bits per heavy atom. The summed E-state index contributed by atoms with van der Waals surface area (Å²) in [4.78, 5) is 0. The highest BCUT2D eigenvalue weighted by Gasteiger charge is 1.61. The van der Waals surface area contributed by atoms with Gasteiger partial charge >= 0.3 is 0 Å². The molecule has 38 valence electrons. The van der Waals surface area contributed by atoms with Crippen LogP contribution in [-0.2, 0) is 0 Å². The topological polar surface area (TPSA) is 51.6 Å². The van der Waals surface area contributed by atoms with Gasteiger partial charge < -0.3 is 0 Å². The van der Waals surface area contributed by atoms with Gasteiger partial charge in [-0.3, -0.25) is 4.70 Å². The fraction of sp³-hybridized carbons (Fsp3) is 0. The highest BCUT2D eigenvalue weighted by Crippen LogP contribution is 1.53. The van der Waals surface area contributed by atoms with Crippen molar-refractivity contribution in [2.24, 2.45) is 0 Å². The molecule has 0 aliphatic heterocycles. The van der Waals surface area contributed by atoms with Crippen molar-refractivity contribution in [2.75, 3.05) is 0 Å². The Hall–Kier alpha value is -1.13. The molecule has 0 bridgehead atoms. The van der Waals surface area contributed by atoms with E-state index in [1.54, 1.807) is 0 Å². The summed E-state index contributed by atoms with van der Waals surface area (Å²) in [6, 6.07) is 0. The van der Waals surface area contributed by atoms with Crippen molar-refractivity contribution >= 4 is 0 Å². The average molecular weight is 102 g/mol. The zero-order chi connectivity index (χ0) is 4.24. The van der Waals surface area contributed by atoms with Gasteiger partial charge in [-0.15, -0.1) is 10.2 Å². The van der Waals surface area contributed by atoms with E-state index in [1.807, 2.05) is 0 Å². The minimum atomic E-state index is 0. The monoisotopic (exact) mass is 102 g/mol. The Labute approximate surface area is 38.9 Å². The maximum absolute atomic E-state index is 3.36. The lowest BCUT2D eigenvalue weighted by atomic mass is 11.0. The number of hydrogen-bond donors (Lipinski definition) is 0. The van der Waals surface area contributed by atoms with E-state index in [-0.39, 0.29) is 4.70 Å². The highest BCUT2D eigenvalue weighted by molar-refractivity contribution is 4.52. The first kappa shape index (κ1) is 5.87. The Morgan fingerprint density at radius 2 is 1.29 bits per heavy atom. The number of nitrogens with zero attached hydrogens (tertiary/aromatic N) is 4. The molecule has 0 atom stereocenters. The smallest absolute Gasteiger partial charge is 0.0716 e. The number of aromatic nitrogens is 4. The van der Waals surface area contributed by atoms with Crippen molar-refractivity contribution < 1.29 is 4.70 Å². The molecule has 1 heterocycles. The molecule has 0 amide bonds. The van der Waals surface area contributed by atoms with Gasteiger partial charge in [-0.1, -0.05) is 0 Å². The molecule has 4 nitrogen and oxygen atoms in total. The van der Waals surface area contributed by atoms with Crippen LogP contribution in [-0.4, -0.2) is 20.6 Å². The normalized spacial score (nSPS) is 6.86. The van der Waals surface area contributed by atoms with Crippen molar-refractivity contribution in [2.45, 2.75) is 0 Å². The van der Waals surface area contributed by atoms with Crippen molar-refractivity contribution in [1.29, 1.82) is 0 Å². The van der Waals surface area contributed by atoms with Gasteiger partial charge in [0, 0.05) is 0 Å². The lowest BCUT2D eigenvalue weighted by Gasteiger charge is -1.67. The molecule has 0 unspecified atom stereocenters. The van der Waals surface area contributed by atoms with E-state index in [9.17, 15) is 0 Å². The molecule has 5 heteroatoms. The van der Waals surface area contributed by atoms with Crippen molar-refractivity contribution in [3.8, 4) is 0 Å². The molecule has 0 saturated heterocycles. The molecule has 0 aliphatic rings. The Bertz CT molecular complexity index is 81.6. The maximum atomic E-state index is 3.36. The SMILES string of the molecule is F.c1cnnnn1. The molecule has 0 spiro atoms. The maximum Gasteiger partial charge on any atom is 0.0716 e. The number of rotatable bonds is 0. The first-order chi connectivity index (χ1) is 3.00. The minimum Gasteiger partial charge on any atom is -0.269 e. The summed E-state index contributed by atoms with van der Waals surface area (Å²) >= 11 is 0. The molecular formula is C2H3FN4. The zero-order valence-corrected chi connectivity index (χ0v) is 3.35. The van der Waals surface area contributed by atoms with E-state index in [0.29, 0.717) is 0 Å². The van der Waals surface area contributed by atoms with Crippen LogP contribution in [0.15, 0.2) is 12.4 Å². The largest absolute Gasteiger partial charge is 0.269 e. The minimum absolute atomic E-state index is 0. The van der Waals surface area contributed by atoms with Crippen molar-refractivity contribution in [1.82, 2.24) is 20.6 Å². The second-order valence-corrected chi connectivity index (χ2v) is 0.708. The lowest BCUT2D eigenvalue weighted by Crippen LogP contribution is -1.84. The third-order valence-electron chi connectivity index (χ3n) is 0.343. The second-order valence-electron chi connectivity index (χ2n) is 0.708. The van der Waals surface area contributed by atoms with E-state index < -0.39 is 0 Å². The molecule has 0 radical (unpaired) electrons. The Balaban J connectivity index is 0.000000360. The van der Waals surface area contributed by atoms with Gasteiger partial charge in [0.15, 0.2) is 0 Å². The van der Waals surface area contributed by atoms with Crippen LogP contribution in [0.3, 0.4) is 0 Å². The molecular weight excluding hydrogens is 99.0 g/mol. The van der Waals surface area contributed by atoms with Crippen molar-refractivity contribution in [3.05, 3.63) is 12.4 Å². The van der Waals surface area contributed by atoms with Gasteiger partial charge in [0.25, 0.3) is 0 Å². The summed E-state index contributed by atoms with van der Waals surface area (Å²) < 4.78 is 0. The van der Waals surface area contributed by atoms with Crippen molar-refractivity contribution in [3.63, 3.8) is 0 Å². The summed E-state index contributed by atoms with van der Waals surface area (Å²) in [7, 11) is 0. The fourth-order valence-corrected chi connectivity index (χ4v) is 0.165. The molecule has 1 rings (SSSR count). The van der Waals surface area contributed by atoms with Gasteiger partial charge in [0.05, 0.1) is 12.4 Å². The van der Waals surface area contributed by atoms with Gasteiger partial charge in [0.2, 0.25) is 0 Å². The second kappa shape index (κ2) is 3.08. The molecule has 0 saturated carbocycles. The van der Waals surface area contributed by atoms with Crippen LogP contribution in [0, 0.1) is 0 Å². The van der Waals surface area contributed by atoms with E-state index in [0.717, 1.165) is 0 Å². The predicted molar refractivity (Wildman–Crippen MR) is 20.1 cm³/mol. The van der Waals surface area contributed by atoms with Crippen LogP contribution >= 0.6 is 0 Å². The first-order valence-electron chi connectivity index (χ1n) is 1.45. The van der Waals surface area contributed by atoms with E-state index >= 15 is 0 Å².